The van der Waals surface area contributed by atoms with Crippen molar-refractivity contribution in [2.24, 2.45) is 0 Å². The molecule has 13 aromatic rings. The summed E-state index contributed by atoms with van der Waals surface area (Å²) in [5, 5.41) is 6.73. The summed E-state index contributed by atoms with van der Waals surface area (Å²) >= 11 is 1.81. The molecule has 15 rings (SSSR count). The van der Waals surface area contributed by atoms with Crippen LogP contribution in [0.1, 0.15) is 22.3 Å². The second kappa shape index (κ2) is 12.5. The number of hydrogen-bond acceptors (Lipinski definition) is 5. The van der Waals surface area contributed by atoms with Gasteiger partial charge in [0.15, 0.2) is 11.6 Å². The predicted octanol–water partition coefficient (Wildman–Crippen LogP) is 14.9. The molecule has 0 radical (unpaired) electrons. The molecule has 0 unspecified atom stereocenters. The first-order valence-electron chi connectivity index (χ1n) is 21.7. The lowest BCUT2D eigenvalue weighted by atomic mass is 9.70. The van der Waals surface area contributed by atoms with Crippen LogP contribution >= 0.6 is 11.3 Å². The van der Waals surface area contributed by atoms with E-state index < -0.39 is 5.41 Å². The van der Waals surface area contributed by atoms with E-state index >= 15 is 0 Å². The van der Waals surface area contributed by atoms with E-state index in [-0.39, 0.29) is 0 Å². The molecular weight excluding hydrogens is 801 g/mol. The summed E-state index contributed by atoms with van der Waals surface area (Å²) in [5.41, 5.74) is 15.2. The lowest BCUT2D eigenvalue weighted by molar-refractivity contribution is 0.669. The van der Waals surface area contributed by atoms with Crippen molar-refractivity contribution in [3.63, 3.8) is 0 Å². The molecule has 0 N–H and O–H groups in total. The second-order valence-electron chi connectivity index (χ2n) is 17.0. The van der Waals surface area contributed by atoms with Crippen molar-refractivity contribution in [3.8, 4) is 51.0 Å². The smallest absolute Gasteiger partial charge is 0.238 e. The fraction of sp³-hybridized carbons (Fsp3) is 0.0172. The van der Waals surface area contributed by atoms with E-state index in [1.54, 1.807) is 0 Å². The molecule has 2 aliphatic carbocycles. The monoisotopic (exact) mass is 832 g/mol. The summed E-state index contributed by atoms with van der Waals surface area (Å²) in [5.74, 6) is 1.75. The second-order valence-corrected chi connectivity index (χ2v) is 18.1. The van der Waals surface area contributed by atoms with Gasteiger partial charge in [-0.05, 0) is 81.4 Å². The summed E-state index contributed by atoms with van der Waals surface area (Å²) in [6.45, 7) is 0. The zero-order chi connectivity index (χ0) is 41.7. The van der Waals surface area contributed by atoms with Crippen molar-refractivity contribution in [1.82, 2.24) is 19.5 Å². The van der Waals surface area contributed by atoms with Crippen LogP contribution in [0.4, 0.5) is 0 Å². The molecule has 4 aromatic heterocycles. The number of thiophene rings is 1. The number of para-hydroxylation sites is 2. The van der Waals surface area contributed by atoms with Crippen LogP contribution in [0, 0.1) is 0 Å². The fourth-order valence-corrected chi connectivity index (χ4v) is 12.5. The van der Waals surface area contributed by atoms with E-state index in [9.17, 15) is 0 Å². The first kappa shape index (κ1) is 34.4. The van der Waals surface area contributed by atoms with Gasteiger partial charge in [0.1, 0.15) is 11.2 Å². The summed E-state index contributed by atoms with van der Waals surface area (Å²) < 4.78 is 11.2. The Balaban J connectivity index is 1.08. The quantitative estimate of drug-likeness (QED) is 0.178. The number of benzene rings is 9. The third kappa shape index (κ3) is 4.35. The minimum atomic E-state index is -0.499. The maximum atomic E-state index is 6.43. The average Bonchev–Trinajstić information content (AvgIpc) is 4.15. The number of rotatable bonds is 3. The highest BCUT2D eigenvalue weighted by Crippen LogP contribution is 2.64. The highest BCUT2D eigenvalue weighted by molar-refractivity contribution is 7.25. The number of hydrogen-bond donors (Lipinski definition) is 0. The summed E-state index contributed by atoms with van der Waals surface area (Å²) in [6, 6.07) is 70.0. The van der Waals surface area contributed by atoms with Crippen LogP contribution in [0.5, 0.6) is 0 Å². The number of fused-ring (bicyclic) bond motifs is 20. The molecule has 0 saturated carbocycles. The van der Waals surface area contributed by atoms with Crippen molar-refractivity contribution >= 4 is 75.3 Å². The molecule has 5 nitrogen and oxygen atoms in total. The van der Waals surface area contributed by atoms with Gasteiger partial charge in [0.05, 0.1) is 16.4 Å². The average molecular weight is 833 g/mol. The van der Waals surface area contributed by atoms with E-state index in [1.807, 2.05) is 35.6 Å². The highest BCUT2D eigenvalue weighted by Gasteiger charge is 2.52. The van der Waals surface area contributed by atoms with Crippen LogP contribution in [0.25, 0.3) is 115 Å². The maximum absolute atomic E-state index is 6.43. The fourth-order valence-electron chi connectivity index (χ4n) is 11.4. The Morgan fingerprint density at radius 1 is 0.422 bits per heavy atom. The number of aromatic nitrogens is 4. The largest absolute Gasteiger partial charge is 0.456 e. The van der Waals surface area contributed by atoms with Crippen LogP contribution in [0.15, 0.2) is 199 Å². The van der Waals surface area contributed by atoms with Gasteiger partial charge in [-0.25, -0.2) is 4.98 Å². The molecule has 4 heterocycles. The van der Waals surface area contributed by atoms with Crippen LogP contribution < -0.4 is 0 Å². The van der Waals surface area contributed by atoms with Crippen molar-refractivity contribution in [1.29, 1.82) is 0 Å². The van der Waals surface area contributed by atoms with Crippen molar-refractivity contribution in [2.45, 2.75) is 5.41 Å². The third-order valence-corrected chi connectivity index (χ3v) is 15.0. The van der Waals surface area contributed by atoms with Gasteiger partial charge in [0.2, 0.25) is 5.95 Å². The molecule has 64 heavy (non-hydrogen) atoms. The molecular formula is C58H32N4OS. The molecule has 0 amide bonds. The Labute approximate surface area is 370 Å². The lowest BCUT2D eigenvalue weighted by Crippen LogP contribution is -2.25. The molecule has 0 atom stereocenters. The summed E-state index contributed by atoms with van der Waals surface area (Å²) in [4.78, 5) is 16.5. The molecule has 0 aliphatic heterocycles. The number of nitrogens with zero attached hydrogens (tertiary/aromatic N) is 4. The van der Waals surface area contributed by atoms with Gasteiger partial charge in [0.25, 0.3) is 0 Å². The Kier molecular flexibility index (Phi) is 6.70. The molecule has 0 bridgehead atoms. The van der Waals surface area contributed by atoms with Gasteiger partial charge in [0, 0.05) is 58.4 Å². The molecule has 1 spiro atoms. The summed E-state index contributed by atoms with van der Waals surface area (Å²) in [7, 11) is 0. The third-order valence-electron chi connectivity index (χ3n) is 13.9. The number of furan rings is 1. The van der Waals surface area contributed by atoms with Crippen LogP contribution in [0.3, 0.4) is 0 Å². The minimum absolute atomic E-state index is 0.499. The van der Waals surface area contributed by atoms with Crippen LogP contribution in [-0.2, 0) is 5.41 Å². The lowest BCUT2D eigenvalue weighted by Gasteiger charge is -2.30. The van der Waals surface area contributed by atoms with Gasteiger partial charge in [-0.15, -0.1) is 11.3 Å². The van der Waals surface area contributed by atoms with Crippen LogP contribution in [-0.4, -0.2) is 19.5 Å². The molecule has 296 valence electrons. The van der Waals surface area contributed by atoms with Crippen molar-refractivity contribution in [2.75, 3.05) is 0 Å². The molecule has 0 saturated heterocycles. The normalized spacial score (nSPS) is 13.4. The SMILES string of the molecule is c1ccc2c(c1)-c1ccccc1C21c2ccccc2-c2c1ccc1c3ccccc3n(-c3nc(-c4ccc5sc6ccccc6c5c4)nc(-c4cccc5oc6ccccc6c45)n3)c21. The van der Waals surface area contributed by atoms with E-state index in [1.165, 1.54) is 64.7 Å². The van der Waals surface area contributed by atoms with Crippen molar-refractivity contribution in [3.05, 3.63) is 216 Å². The maximum Gasteiger partial charge on any atom is 0.238 e. The Bertz CT molecular complexity index is 4130. The van der Waals surface area contributed by atoms with E-state index in [0.29, 0.717) is 17.6 Å². The van der Waals surface area contributed by atoms with Gasteiger partial charge >= 0.3 is 0 Å². The molecule has 0 fully saturated rings. The Morgan fingerprint density at radius 2 is 1.05 bits per heavy atom. The Hall–Kier alpha value is -8.19. The van der Waals surface area contributed by atoms with Gasteiger partial charge in [-0.3, -0.25) is 4.57 Å². The van der Waals surface area contributed by atoms with Gasteiger partial charge in [-0.2, -0.15) is 9.97 Å². The summed E-state index contributed by atoms with van der Waals surface area (Å²) in [6.07, 6.45) is 0. The molecule has 9 aromatic carbocycles. The highest BCUT2D eigenvalue weighted by atomic mass is 32.1. The van der Waals surface area contributed by atoms with Gasteiger partial charge < -0.3 is 4.42 Å². The van der Waals surface area contributed by atoms with Gasteiger partial charge in [-0.1, -0.05) is 152 Å². The first-order valence-corrected chi connectivity index (χ1v) is 22.5. The first-order chi connectivity index (χ1) is 31.7. The molecule has 2 aliphatic rings. The van der Waals surface area contributed by atoms with E-state index in [2.05, 4.69) is 174 Å². The van der Waals surface area contributed by atoms with E-state index in [0.717, 1.165) is 54.9 Å². The topological polar surface area (TPSA) is 56.7 Å². The van der Waals surface area contributed by atoms with E-state index in [4.69, 9.17) is 19.4 Å². The van der Waals surface area contributed by atoms with Crippen molar-refractivity contribution < 1.29 is 4.42 Å². The molecule has 6 heteroatoms. The Morgan fingerprint density at radius 3 is 1.88 bits per heavy atom. The standard InChI is InChI=1S/C58H32N4OS/c1-7-21-43-34(14-1)35-15-2-8-22-44(35)58(43)45-23-9-3-18-39(45)53-46(58)30-29-38-36-16-4-10-24-47(36)62(54(38)53)57-60-55(33-28-31-51-42(32-33)37-17-6-12-27-50(37)64-51)59-56(61-57)41-20-13-26-49-52(41)40-19-5-11-25-48(40)63-49/h1-32H. The zero-order valence-electron chi connectivity index (χ0n) is 34.1. The van der Waals surface area contributed by atoms with Crippen LogP contribution in [0.2, 0.25) is 0 Å². The zero-order valence-corrected chi connectivity index (χ0v) is 34.9. The minimum Gasteiger partial charge on any atom is -0.456 e. The predicted molar refractivity (Wildman–Crippen MR) is 262 cm³/mol.